The van der Waals surface area contributed by atoms with Crippen LogP contribution in [0.1, 0.15) is 33.9 Å². The largest absolute Gasteiger partial charge is 0.487 e. The number of nitrogens with zero attached hydrogens (tertiary/aromatic N) is 3. The highest BCUT2D eigenvalue weighted by Gasteiger charge is 2.78. The van der Waals surface area contributed by atoms with Gasteiger partial charge in [-0.05, 0) is 28.8 Å². The summed E-state index contributed by atoms with van der Waals surface area (Å²) in [6.45, 7) is 0.307. The molecule has 8 heteroatoms. The van der Waals surface area contributed by atoms with Crippen molar-refractivity contribution in [3.63, 3.8) is 0 Å². The summed E-state index contributed by atoms with van der Waals surface area (Å²) in [7, 11) is 3.24. The van der Waals surface area contributed by atoms with Crippen LogP contribution >= 0.6 is 0 Å². The van der Waals surface area contributed by atoms with Crippen molar-refractivity contribution in [3.8, 4) is 17.6 Å². The number of fused-ring (bicyclic) bond motifs is 3. The number of rotatable bonds is 6. The number of pyridine rings is 1. The second-order valence-corrected chi connectivity index (χ2v) is 10.7. The van der Waals surface area contributed by atoms with Gasteiger partial charge in [0, 0.05) is 26.1 Å². The highest BCUT2D eigenvalue weighted by atomic mass is 16.5. The van der Waals surface area contributed by atoms with Crippen molar-refractivity contribution in [2.45, 2.75) is 29.8 Å². The zero-order valence-corrected chi connectivity index (χ0v) is 22.6. The third kappa shape index (κ3) is 3.97. The van der Waals surface area contributed by atoms with E-state index in [9.17, 15) is 20.3 Å². The Labute approximate surface area is 238 Å². The number of amides is 1. The van der Waals surface area contributed by atoms with Crippen LogP contribution in [0.2, 0.25) is 0 Å². The lowest BCUT2D eigenvalue weighted by atomic mass is 9.71. The van der Waals surface area contributed by atoms with Gasteiger partial charge in [0.2, 0.25) is 5.91 Å². The van der Waals surface area contributed by atoms with Crippen molar-refractivity contribution in [1.29, 1.82) is 5.26 Å². The van der Waals surface area contributed by atoms with Crippen LogP contribution in [0.15, 0.2) is 97.2 Å². The molecule has 1 aliphatic heterocycles. The number of aromatic nitrogens is 1. The SMILES string of the molecule is CN(C)C(=O)[C@H]1[C@@H](O)[C@@]2(O)c3ncc(OCc4ccccc4)cc3O[C@@]2(c2ccc(C#N)cc2)[C@@H]1c1ccccc1. The van der Waals surface area contributed by atoms with Crippen molar-refractivity contribution in [3.05, 3.63) is 125 Å². The van der Waals surface area contributed by atoms with Crippen LogP contribution in [0.25, 0.3) is 0 Å². The van der Waals surface area contributed by atoms with E-state index in [1.54, 1.807) is 44.4 Å². The van der Waals surface area contributed by atoms with Gasteiger partial charge in [-0.1, -0.05) is 72.8 Å². The molecular weight excluding hydrogens is 518 g/mol. The molecule has 1 aromatic heterocycles. The number of aliphatic hydroxyl groups excluding tert-OH is 1. The Morgan fingerprint density at radius 3 is 2.34 bits per heavy atom. The van der Waals surface area contributed by atoms with E-state index in [1.165, 1.54) is 11.1 Å². The summed E-state index contributed by atoms with van der Waals surface area (Å²) in [5, 5.41) is 34.1. The molecule has 1 saturated carbocycles. The number of carbonyl (C=O) groups excluding carboxylic acids is 1. The number of hydrogen-bond acceptors (Lipinski definition) is 7. The second-order valence-electron chi connectivity index (χ2n) is 10.7. The zero-order chi connectivity index (χ0) is 28.8. The lowest BCUT2D eigenvalue weighted by molar-refractivity contribution is -0.157. The van der Waals surface area contributed by atoms with Gasteiger partial charge in [0.1, 0.15) is 29.9 Å². The van der Waals surface area contributed by atoms with E-state index < -0.39 is 29.1 Å². The van der Waals surface area contributed by atoms with E-state index in [-0.39, 0.29) is 17.4 Å². The molecule has 1 fully saturated rings. The maximum Gasteiger partial charge on any atom is 0.228 e. The molecule has 4 aromatic rings. The van der Waals surface area contributed by atoms with E-state index in [1.807, 2.05) is 60.7 Å². The molecule has 0 spiro atoms. The van der Waals surface area contributed by atoms with Crippen LogP contribution in [0.3, 0.4) is 0 Å². The predicted molar refractivity (Wildman–Crippen MR) is 150 cm³/mol. The van der Waals surface area contributed by atoms with Gasteiger partial charge in [-0.2, -0.15) is 5.26 Å². The topological polar surface area (TPSA) is 116 Å². The molecule has 1 aliphatic carbocycles. The number of aliphatic hydroxyl groups is 2. The van der Waals surface area contributed by atoms with E-state index in [2.05, 4.69) is 11.1 Å². The molecule has 5 atom stereocenters. The van der Waals surface area contributed by atoms with Crippen LogP contribution in [-0.4, -0.2) is 46.2 Å². The molecule has 0 unspecified atom stereocenters. The standard InChI is InChI=1S/C33H29N3O5/c1-36(2)31(38)27-28(23-11-7-4-8-12-23)33(24-15-13-21(18-34)14-16-24)32(39,30(27)37)29-26(41-33)17-25(19-35-29)40-20-22-9-5-3-6-10-22/h3-17,19,27-28,30,37,39H,20H2,1-2H3/t27-,28-,30-,32+,33+/m1/s1. The van der Waals surface area contributed by atoms with Crippen LogP contribution < -0.4 is 9.47 Å². The van der Waals surface area contributed by atoms with E-state index >= 15 is 0 Å². The van der Waals surface area contributed by atoms with Crippen molar-refractivity contribution < 1.29 is 24.5 Å². The Morgan fingerprint density at radius 1 is 1.05 bits per heavy atom. The minimum Gasteiger partial charge on any atom is -0.487 e. The first-order chi connectivity index (χ1) is 19.8. The van der Waals surface area contributed by atoms with Gasteiger partial charge in [0.25, 0.3) is 0 Å². The summed E-state index contributed by atoms with van der Waals surface area (Å²) in [6.07, 6.45) is -0.0772. The van der Waals surface area contributed by atoms with Crippen LogP contribution in [0, 0.1) is 17.2 Å². The van der Waals surface area contributed by atoms with Gasteiger partial charge >= 0.3 is 0 Å². The smallest absolute Gasteiger partial charge is 0.228 e. The molecule has 8 nitrogen and oxygen atoms in total. The number of nitriles is 1. The normalized spacial score (nSPS) is 25.9. The minimum absolute atomic E-state index is 0.122. The molecule has 0 bridgehead atoms. The molecule has 6 rings (SSSR count). The molecule has 3 aromatic carbocycles. The summed E-state index contributed by atoms with van der Waals surface area (Å²) in [5.41, 5.74) is -1.02. The molecule has 41 heavy (non-hydrogen) atoms. The molecule has 2 heterocycles. The third-order valence-electron chi connectivity index (χ3n) is 8.17. The minimum atomic E-state index is -2.11. The lowest BCUT2D eigenvalue weighted by Gasteiger charge is -2.40. The molecule has 0 saturated heterocycles. The lowest BCUT2D eigenvalue weighted by Crippen LogP contribution is -2.52. The molecule has 0 radical (unpaired) electrons. The molecule has 2 aliphatic rings. The second kappa shape index (κ2) is 10.0. The Bertz CT molecular complexity index is 1620. The van der Waals surface area contributed by atoms with Gasteiger partial charge in [0.15, 0.2) is 11.2 Å². The third-order valence-corrected chi connectivity index (χ3v) is 8.17. The summed E-state index contributed by atoms with van der Waals surface area (Å²) >= 11 is 0. The van der Waals surface area contributed by atoms with Crippen LogP contribution in [0.5, 0.6) is 11.5 Å². The van der Waals surface area contributed by atoms with Gasteiger partial charge in [0.05, 0.1) is 23.7 Å². The van der Waals surface area contributed by atoms with Crippen LogP contribution in [-0.2, 0) is 22.6 Å². The average Bonchev–Trinajstić information content (AvgIpc) is 3.38. The van der Waals surface area contributed by atoms with Crippen molar-refractivity contribution in [1.82, 2.24) is 9.88 Å². The summed E-state index contributed by atoms with van der Waals surface area (Å²) in [4.78, 5) is 19.7. The highest BCUT2D eigenvalue weighted by Crippen LogP contribution is 2.68. The average molecular weight is 548 g/mol. The quantitative estimate of drug-likeness (QED) is 0.377. The van der Waals surface area contributed by atoms with Gasteiger partial charge in [-0.3, -0.25) is 9.78 Å². The Hall–Kier alpha value is -4.71. The summed E-state index contributed by atoms with van der Waals surface area (Å²) in [6, 6.07) is 29.4. The monoisotopic (exact) mass is 547 g/mol. The molecule has 1 amide bonds. The molecule has 2 N–H and O–H groups in total. The van der Waals surface area contributed by atoms with Crippen molar-refractivity contribution >= 4 is 5.91 Å². The van der Waals surface area contributed by atoms with Gasteiger partial charge in [-0.25, -0.2) is 0 Å². The van der Waals surface area contributed by atoms with Crippen molar-refractivity contribution in [2.75, 3.05) is 14.1 Å². The first-order valence-corrected chi connectivity index (χ1v) is 13.3. The Balaban J connectivity index is 1.54. The maximum absolute atomic E-state index is 13.7. The maximum atomic E-state index is 13.7. The van der Waals surface area contributed by atoms with E-state index in [0.717, 1.165) is 5.56 Å². The number of ether oxygens (including phenoxy) is 2. The predicted octanol–water partition coefficient (Wildman–Crippen LogP) is 3.87. The van der Waals surface area contributed by atoms with Crippen molar-refractivity contribution in [2.24, 2.45) is 5.92 Å². The summed E-state index contributed by atoms with van der Waals surface area (Å²) in [5.74, 6) is -1.54. The van der Waals surface area contributed by atoms with E-state index in [0.29, 0.717) is 29.0 Å². The number of hydrogen-bond donors (Lipinski definition) is 2. The molecule has 206 valence electrons. The highest BCUT2D eigenvalue weighted by molar-refractivity contribution is 5.82. The fourth-order valence-electron chi connectivity index (χ4n) is 6.32. The number of benzene rings is 3. The fraction of sp³-hybridized carbons (Fsp3) is 0.242. The Morgan fingerprint density at radius 2 is 1.71 bits per heavy atom. The first kappa shape index (κ1) is 26.5. The zero-order valence-electron chi connectivity index (χ0n) is 22.6. The van der Waals surface area contributed by atoms with Gasteiger partial charge < -0.3 is 24.6 Å². The number of carbonyl (C=O) groups is 1. The Kier molecular flexibility index (Phi) is 6.49. The van der Waals surface area contributed by atoms with Crippen LogP contribution in [0.4, 0.5) is 0 Å². The van der Waals surface area contributed by atoms with E-state index in [4.69, 9.17) is 9.47 Å². The first-order valence-electron chi connectivity index (χ1n) is 13.3. The van der Waals surface area contributed by atoms with Gasteiger partial charge in [-0.15, -0.1) is 0 Å². The molecular formula is C33H29N3O5. The fourth-order valence-corrected chi connectivity index (χ4v) is 6.32. The summed E-state index contributed by atoms with van der Waals surface area (Å²) < 4.78 is 12.8.